The van der Waals surface area contributed by atoms with Crippen molar-refractivity contribution in [1.29, 1.82) is 0 Å². The van der Waals surface area contributed by atoms with Crippen molar-refractivity contribution in [3.05, 3.63) is 0 Å². The van der Waals surface area contributed by atoms with Crippen LogP contribution in [-0.2, 0) is 28.8 Å². The van der Waals surface area contributed by atoms with Crippen LogP contribution in [0, 0.1) is 5.92 Å². The van der Waals surface area contributed by atoms with Gasteiger partial charge in [0.25, 0.3) is 0 Å². The molecular weight excluding hydrogens is 402 g/mol. The lowest BCUT2D eigenvalue weighted by molar-refractivity contribution is -0.143. The number of carbonyl (C=O) groups excluding carboxylic acids is 4. The summed E-state index contributed by atoms with van der Waals surface area (Å²) in [6.07, 6.45) is -0.552. The standard InChI is InChI=1S/C17H29N5O8/c1-3-8(2)14(22-15(27)9(18)4-5-13(25)26)16(28)20-7-12(24)21-10(17(29)30)6-11(19)23/h8-10,14H,3-7,18H2,1-2H3,(H2,19,23)(H,20,28)(H,21,24)(H,22,27)(H,25,26)(H,29,30). The number of amides is 4. The van der Waals surface area contributed by atoms with Crippen molar-refractivity contribution in [3.63, 3.8) is 0 Å². The molecule has 9 N–H and O–H groups in total. The highest BCUT2D eigenvalue weighted by molar-refractivity contribution is 5.93. The number of nitrogens with one attached hydrogen (secondary N) is 3. The SMILES string of the molecule is CCC(C)C(NC(=O)C(N)CCC(=O)O)C(=O)NCC(=O)NC(CC(N)=O)C(=O)O. The summed E-state index contributed by atoms with van der Waals surface area (Å²) < 4.78 is 0. The first-order valence-electron chi connectivity index (χ1n) is 9.24. The molecule has 0 aromatic carbocycles. The quantitative estimate of drug-likeness (QED) is 0.151. The molecule has 0 heterocycles. The second kappa shape index (κ2) is 13.1. The highest BCUT2D eigenvalue weighted by Gasteiger charge is 2.29. The van der Waals surface area contributed by atoms with Crippen LogP contribution in [0.4, 0.5) is 0 Å². The fourth-order valence-electron chi connectivity index (χ4n) is 2.30. The molecule has 4 atom stereocenters. The van der Waals surface area contributed by atoms with E-state index >= 15 is 0 Å². The van der Waals surface area contributed by atoms with E-state index in [9.17, 15) is 28.8 Å². The molecule has 0 bridgehead atoms. The topological polar surface area (TPSA) is 231 Å². The lowest BCUT2D eigenvalue weighted by Crippen LogP contribution is -2.55. The zero-order valence-electron chi connectivity index (χ0n) is 16.8. The molecule has 0 rings (SSSR count). The van der Waals surface area contributed by atoms with Gasteiger partial charge >= 0.3 is 11.9 Å². The van der Waals surface area contributed by atoms with E-state index in [4.69, 9.17) is 21.7 Å². The molecule has 13 nitrogen and oxygen atoms in total. The lowest BCUT2D eigenvalue weighted by atomic mass is 9.97. The third-order valence-electron chi connectivity index (χ3n) is 4.26. The van der Waals surface area contributed by atoms with Gasteiger partial charge in [0.2, 0.25) is 23.6 Å². The number of carboxylic acid groups (broad SMARTS) is 2. The van der Waals surface area contributed by atoms with Crippen molar-refractivity contribution in [3.8, 4) is 0 Å². The van der Waals surface area contributed by atoms with Crippen molar-refractivity contribution >= 4 is 35.6 Å². The van der Waals surface area contributed by atoms with Gasteiger partial charge in [0.1, 0.15) is 12.1 Å². The molecule has 0 saturated heterocycles. The van der Waals surface area contributed by atoms with Crippen LogP contribution in [0.2, 0.25) is 0 Å². The maximum Gasteiger partial charge on any atom is 0.326 e. The molecule has 170 valence electrons. The van der Waals surface area contributed by atoms with Crippen LogP contribution in [0.1, 0.15) is 39.5 Å². The van der Waals surface area contributed by atoms with Gasteiger partial charge in [0, 0.05) is 6.42 Å². The smallest absolute Gasteiger partial charge is 0.326 e. The number of carboxylic acids is 2. The Morgan fingerprint density at radius 1 is 1.00 bits per heavy atom. The number of hydrogen-bond donors (Lipinski definition) is 7. The van der Waals surface area contributed by atoms with Gasteiger partial charge in [-0.05, 0) is 12.3 Å². The first-order chi connectivity index (χ1) is 13.9. The monoisotopic (exact) mass is 431 g/mol. The Bertz CT molecular complexity index is 669. The van der Waals surface area contributed by atoms with Gasteiger partial charge in [0.15, 0.2) is 0 Å². The average molecular weight is 431 g/mol. The van der Waals surface area contributed by atoms with Crippen molar-refractivity contribution in [1.82, 2.24) is 16.0 Å². The van der Waals surface area contributed by atoms with Gasteiger partial charge in [-0.25, -0.2) is 4.79 Å². The van der Waals surface area contributed by atoms with E-state index in [1.54, 1.807) is 13.8 Å². The number of hydrogen-bond acceptors (Lipinski definition) is 7. The third-order valence-corrected chi connectivity index (χ3v) is 4.26. The molecule has 30 heavy (non-hydrogen) atoms. The summed E-state index contributed by atoms with van der Waals surface area (Å²) in [4.78, 5) is 68.9. The van der Waals surface area contributed by atoms with E-state index in [2.05, 4.69) is 16.0 Å². The van der Waals surface area contributed by atoms with E-state index in [1.165, 1.54) is 0 Å². The highest BCUT2D eigenvalue weighted by Crippen LogP contribution is 2.09. The summed E-state index contributed by atoms with van der Waals surface area (Å²) in [6.45, 7) is 2.85. The average Bonchev–Trinajstić information content (AvgIpc) is 2.66. The molecule has 0 aliphatic carbocycles. The summed E-state index contributed by atoms with van der Waals surface area (Å²) in [6, 6.07) is -3.72. The van der Waals surface area contributed by atoms with Crippen molar-refractivity contribution < 1.29 is 39.0 Å². The summed E-state index contributed by atoms with van der Waals surface area (Å²) >= 11 is 0. The van der Waals surface area contributed by atoms with Gasteiger partial charge < -0.3 is 37.6 Å². The maximum absolute atomic E-state index is 12.4. The summed E-state index contributed by atoms with van der Waals surface area (Å²) in [5, 5.41) is 24.4. The molecule has 0 radical (unpaired) electrons. The molecule has 0 fully saturated rings. The van der Waals surface area contributed by atoms with Crippen molar-refractivity contribution in [2.24, 2.45) is 17.4 Å². The van der Waals surface area contributed by atoms with Crippen LogP contribution in [0.5, 0.6) is 0 Å². The summed E-state index contributed by atoms with van der Waals surface area (Å²) in [5.41, 5.74) is 10.6. The predicted molar refractivity (Wildman–Crippen MR) is 103 cm³/mol. The largest absolute Gasteiger partial charge is 0.481 e. The number of primary amides is 1. The number of rotatable bonds is 14. The maximum atomic E-state index is 12.4. The minimum Gasteiger partial charge on any atom is -0.481 e. The second-order valence-electron chi connectivity index (χ2n) is 6.76. The van der Waals surface area contributed by atoms with Crippen LogP contribution in [0.25, 0.3) is 0 Å². The Morgan fingerprint density at radius 2 is 1.60 bits per heavy atom. The zero-order valence-corrected chi connectivity index (χ0v) is 16.8. The van der Waals surface area contributed by atoms with Crippen LogP contribution >= 0.6 is 0 Å². The summed E-state index contributed by atoms with van der Waals surface area (Å²) in [5.74, 6) is -6.14. The first-order valence-corrected chi connectivity index (χ1v) is 9.24. The predicted octanol–water partition coefficient (Wildman–Crippen LogP) is -2.73. The van der Waals surface area contributed by atoms with Gasteiger partial charge in [-0.1, -0.05) is 20.3 Å². The highest BCUT2D eigenvalue weighted by atomic mass is 16.4. The lowest BCUT2D eigenvalue weighted by Gasteiger charge is -2.25. The second-order valence-corrected chi connectivity index (χ2v) is 6.76. The molecule has 0 aromatic heterocycles. The Labute approximate surface area is 172 Å². The van der Waals surface area contributed by atoms with E-state index < -0.39 is 66.7 Å². The molecule has 0 saturated carbocycles. The Kier molecular flexibility index (Phi) is 11.7. The van der Waals surface area contributed by atoms with Crippen LogP contribution < -0.4 is 27.4 Å². The molecule has 0 aliphatic heterocycles. The fourth-order valence-corrected chi connectivity index (χ4v) is 2.30. The van der Waals surface area contributed by atoms with E-state index in [0.29, 0.717) is 6.42 Å². The molecule has 4 unspecified atom stereocenters. The first kappa shape index (κ1) is 26.8. The normalized spacial score (nSPS) is 14.5. The number of aliphatic carboxylic acids is 2. The Hall–Kier alpha value is -3.22. The van der Waals surface area contributed by atoms with Gasteiger partial charge in [-0.3, -0.25) is 24.0 Å². The Morgan fingerprint density at radius 3 is 2.07 bits per heavy atom. The van der Waals surface area contributed by atoms with Gasteiger partial charge in [-0.2, -0.15) is 0 Å². The van der Waals surface area contributed by atoms with Crippen LogP contribution in [0.3, 0.4) is 0 Å². The molecule has 0 aliphatic rings. The molecular formula is C17H29N5O8. The van der Waals surface area contributed by atoms with E-state index in [0.717, 1.165) is 0 Å². The summed E-state index contributed by atoms with van der Waals surface area (Å²) in [7, 11) is 0. The van der Waals surface area contributed by atoms with Gasteiger partial charge in [-0.15, -0.1) is 0 Å². The van der Waals surface area contributed by atoms with Crippen LogP contribution in [-0.4, -0.2) is 70.5 Å². The fraction of sp³-hybridized carbons (Fsp3) is 0.647. The number of nitrogens with two attached hydrogens (primary N) is 2. The molecule has 0 spiro atoms. The minimum absolute atomic E-state index is 0.116. The van der Waals surface area contributed by atoms with Crippen molar-refractivity contribution in [2.45, 2.75) is 57.7 Å². The van der Waals surface area contributed by atoms with Crippen molar-refractivity contribution in [2.75, 3.05) is 6.54 Å². The van der Waals surface area contributed by atoms with E-state index in [-0.39, 0.29) is 18.8 Å². The Balaban J connectivity index is 4.90. The molecule has 13 heteroatoms. The van der Waals surface area contributed by atoms with E-state index in [1.807, 2.05) is 0 Å². The zero-order chi connectivity index (χ0) is 23.4. The third kappa shape index (κ3) is 10.4. The van der Waals surface area contributed by atoms with Gasteiger partial charge in [0.05, 0.1) is 19.0 Å². The van der Waals surface area contributed by atoms with Crippen LogP contribution in [0.15, 0.2) is 0 Å². The molecule has 4 amide bonds. The minimum atomic E-state index is -1.54. The number of carbonyl (C=O) groups is 6. The molecule has 0 aromatic rings.